The number of carbonyl (C=O) groups excluding carboxylic acids is 1. The minimum absolute atomic E-state index is 0.170. The number of carboxylic acid groups (broad SMARTS) is 1. The molecule has 4 aromatic rings. The highest BCUT2D eigenvalue weighted by atomic mass is 32.2. The number of aliphatic imine (C=N–C) groups is 1. The number of carbonyl (C=O) groups is 2. The number of allylic oxidation sites excluding steroid dienone is 1. The molecule has 1 fully saturated rings. The van der Waals surface area contributed by atoms with Gasteiger partial charge in [0.15, 0.2) is 16.7 Å². The normalized spacial score (nSPS) is 14.7. The molecule has 1 amide bonds. The van der Waals surface area contributed by atoms with Crippen molar-refractivity contribution in [1.29, 1.82) is 0 Å². The highest BCUT2D eigenvalue weighted by molar-refractivity contribution is 8.18. The molecule has 0 spiro atoms. The number of hydrogen-bond acceptors (Lipinski definition) is 6. The van der Waals surface area contributed by atoms with Gasteiger partial charge < -0.3 is 14.6 Å². The van der Waals surface area contributed by atoms with Gasteiger partial charge in [-0.25, -0.2) is 14.2 Å². The molecule has 0 bridgehead atoms. The Labute approximate surface area is 259 Å². The van der Waals surface area contributed by atoms with E-state index in [1.807, 2.05) is 36.4 Å². The number of amidine groups is 1. The van der Waals surface area contributed by atoms with E-state index in [2.05, 4.69) is 6.58 Å². The lowest BCUT2D eigenvalue weighted by molar-refractivity contribution is -0.122. The van der Waals surface area contributed by atoms with Crippen LogP contribution >= 0.6 is 11.8 Å². The van der Waals surface area contributed by atoms with E-state index in [0.717, 1.165) is 22.3 Å². The van der Waals surface area contributed by atoms with Crippen molar-refractivity contribution >= 4 is 40.6 Å². The lowest BCUT2D eigenvalue weighted by Gasteiger charge is -2.16. The minimum atomic E-state index is -1.01. The highest BCUT2D eigenvalue weighted by Gasteiger charge is 2.33. The van der Waals surface area contributed by atoms with Crippen LogP contribution in [0.25, 0.3) is 6.08 Å². The van der Waals surface area contributed by atoms with Crippen LogP contribution in [0.15, 0.2) is 114 Å². The molecule has 0 atom stereocenters. The van der Waals surface area contributed by atoms with Crippen LogP contribution < -0.4 is 9.47 Å². The number of rotatable bonds is 11. The standard InChI is InChI=1S/C35H29FN2O5S/c1-3-7-27-18-25(19-30(42-2)32(27)43-22-24-12-16-28(36)17-13-24)20-31-33(39)38(21-23-10-14-26(15-11-23)34(40)41)35(44-31)37-29-8-5-4-6-9-29/h3-6,8-20H,1,7,21-22H2,2H3,(H,40,41). The third-order valence-corrected chi connectivity index (χ3v) is 7.75. The van der Waals surface area contributed by atoms with Gasteiger partial charge in [0.25, 0.3) is 5.91 Å². The summed E-state index contributed by atoms with van der Waals surface area (Å²) < 4.78 is 25.2. The van der Waals surface area contributed by atoms with Crippen LogP contribution in [0.3, 0.4) is 0 Å². The summed E-state index contributed by atoms with van der Waals surface area (Å²) in [5, 5.41) is 9.76. The number of amides is 1. The average molecular weight is 609 g/mol. The molecule has 44 heavy (non-hydrogen) atoms. The van der Waals surface area contributed by atoms with Crippen LogP contribution in [-0.4, -0.2) is 34.2 Å². The topological polar surface area (TPSA) is 88.4 Å². The van der Waals surface area contributed by atoms with Crippen molar-refractivity contribution in [3.8, 4) is 11.5 Å². The Morgan fingerprint density at radius 1 is 1.02 bits per heavy atom. The summed E-state index contributed by atoms with van der Waals surface area (Å²) in [5.74, 6) is -0.529. The lowest BCUT2D eigenvalue weighted by Crippen LogP contribution is -2.28. The molecule has 1 aliphatic heterocycles. The first kappa shape index (κ1) is 30.3. The first-order valence-corrected chi connectivity index (χ1v) is 14.5. The van der Waals surface area contributed by atoms with Gasteiger partial charge in [-0.05, 0) is 89.5 Å². The van der Waals surface area contributed by atoms with Gasteiger partial charge in [0, 0.05) is 5.56 Å². The van der Waals surface area contributed by atoms with Crippen molar-refractivity contribution in [3.63, 3.8) is 0 Å². The second kappa shape index (κ2) is 13.9. The van der Waals surface area contributed by atoms with E-state index < -0.39 is 5.97 Å². The number of halogens is 1. The van der Waals surface area contributed by atoms with Crippen LogP contribution in [0.4, 0.5) is 10.1 Å². The SMILES string of the molecule is C=CCc1cc(C=C2SC(=Nc3ccccc3)N(Cc3ccc(C(=O)O)cc3)C2=O)cc(OC)c1OCc1ccc(F)cc1. The molecule has 7 nitrogen and oxygen atoms in total. The fourth-order valence-electron chi connectivity index (χ4n) is 4.56. The number of ether oxygens (including phenoxy) is 2. The number of benzene rings is 4. The van der Waals surface area contributed by atoms with Gasteiger partial charge in [0.05, 0.1) is 29.8 Å². The van der Waals surface area contributed by atoms with E-state index in [-0.39, 0.29) is 30.4 Å². The first-order valence-electron chi connectivity index (χ1n) is 13.7. The Morgan fingerprint density at radius 3 is 2.39 bits per heavy atom. The number of para-hydroxylation sites is 1. The summed E-state index contributed by atoms with van der Waals surface area (Å²) in [4.78, 5) is 31.9. The van der Waals surface area contributed by atoms with Crippen molar-refractivity contribution in [3.05, 3.63) is 142 Å². The summed E-state index contributed by atoms with van der Waals surface area (Å²) in [6.45, 7) is 4.31. The third kappa shape index (κ3) is 7.25. The smallest absolute Gasteiger partial charge is 0.335 e. The maximum atomic E-state index is 13.8. The van der Waals surface area contributed by atoms with Gasteiger partial charge in [-0.2, -0.15) is 0 Å². The van der Waals surface area contributed by atoms with Crippen molar-refractivity contribution in [2.75, 3.05) is 7.11 Å². The van der Waals surface area contributed by atoms with E-state index in [0.29, 0.717) is 33.7 Å². The van der Waals surface area contributed by atoms with Crippen molar-refractivity contribution in [1.82, 2.24) is 4.90 Å². The molecule has 5 rings (SSSR count). The van der Waals surface area contributed by atoms with Gasteiger partial charge in [0.2, 0.25) is 0 Å². The molecule has 1 heterocycles. The van der Waals surface area contributed by atoms with E-state index in [4.69, 9.17) is 14.5 Å². The van der Waals surface area contributed by atoms with Gasteiger partial charge in [-0.15, -0.1) is 6.58 Å². The maximum absolute atomic E-state index is 13.8. The monoisotopic (exact) mass is 608 g/mol. The van der Waals surface area contributed by atoms with Crippen molar-refractivity contribution < 1.29 is 28.6 Å². The maximum Gasteiger partial charge on any atom is 0.335 e. The number of aromatic carboxylic acids is 1. The van der Waals surface area contributed by atoms with Gasteiger partial charge in [-0.1, -0.05) is 48.5 Å². The summed E-state index contributed by atoms with van der Waals surface area (Å²) >= 11 is 1.26. The van der Waals surface area contributed by atoms with Crippen molar-refractivity contribution in [2.45, 2.75) is 19.6 Å². The largest absolute Gasteiger partial charge is 0.493 e. The first-order chi connectivity index (χ1) is 21.3. The molecule has 0 radical (unpaired) electrons. The molecule has 9 heteroatoms. The molecule has 1 aliphatic rings. The minimum Gasteiger partial charge on any atom is -0.493 e. The van der Waals surface area contributed by atoms with Crippen molar-refractivity contribution in [2.24, 2.45) is 4.99 Å². The predicted molar refractivity (Wildman–Crippen MR) is 171 cm³/mol. The molecule has 222 valence electrons. The van der Waals surface area contributed by atoms with Crippen LogP contribution in [0.2, 0.25) is 0 Å². The molecule has 1 N–H and O–H groups in total. The van der Waals surface area contributed by atoms with E-state index >= 15 is 0 Å². The van der Waals surface area contributed by atoms with E-state index in [1.54, 1.807) is 54.5 Å². The highest BCUT2D eigenvalue weighted by Crippen LogP contribution is 2.38. The zero-order valence-electron chi connectivity index (χ0n) is 23.9. The number of methoxy groups -OCH3 is 1. The molecule has 0 aromatic heterocycles. The fraction of sp³-hybridized carbons (Fsp3) is 0.114. The summed E-state index contributed by atoms with van der Waals surface area (Å²) in [7, 11) is 1.55. The summed E-state index contributed by atoms with van der Waals surface area (Å²) in [6.07, 6.45) is 4.04. The molecule has 0 aliphatic carbocycles. The molecular weight excluding hydrogens is 579 g/mol. The number of hydrogen-bond donors (Lipinski definition) is 1. The Kier molecular flexibility index (Phi) is 9.56. The zero-order chi connectivity index (χ0) is 31.1. The molecule has 0 saturated carbocycles. The number of thioether (sulfide) groups is 1. The molecule has 0 unspecified atom stereocenters. The van der Waals surface area contributed by atoms with Crippen LogP contribution in [0.1, 0.15) is 32.6 Å². The Hall–Kier alpha value is -5.15. The average Bonchev–Trinajstić information content (AvgIpc) is 3.30. The third-order valence-electron chi connectivity index (χ3n) is 6.74. The van der Waals surface area contributed by atoms with E-state index in [9.17, 15) is 19.1 Å². The Bertz CT molecular complexity index is 1740. The molecule has 1 saturated heterocycles. The van der Waals surface area contributed by atoms with Crippen LogP contribution in [-0.2, 0) is 24.4 Å². The number of nitrogens with zero attached hydrogens (tertiary/aromatic N) is 2. The van der Waals surface area contributed by atoms with Gasteiger partial charge in [-0.3, -0.25) is 9.69 Å². The summed E-state index contributed by atoms with van der Waals surface area (Å²) in [6, 6.07) is 25.6. The summed E-state index contributed by atoms with van der Waals surface area (Å²) in [5.41, 5.74) is 3.99. The van der Waals surface area contributed by atoms with Gasteiger partial charge >= 0.3 is 5.97 Å². The van der Waals surface area contributed by atoms with Crippen LogP contribution in [0.5, 0.6) is 11.5 Å². The van der Waals surface area contributed by atoms with Crippen LogP contribution in [0, 0.1) is 5.82 Å². The predicted octanol–water partition coefficient (Wildman–Crippen LogP) is 7.64. The zero-order valence-corrected chi connectivity index (χ0v) is 24.7. The number of carboxylic acids is 1. The van der Waals surface area contributed by atoms with Gasteiger partial charge in [0.1, 0.15) is 12.4 Å². The van der Waals surface area contributed by atoms with E-state index in [1.165, 1.54) is 36.0 Å². The Morgan fingerprint density at radius 2 is 1.73 bits per heavy atom. The fourth-order valence-corrected chi connectivity index (χ4v) is 5.55. The second-order valence-corrected chi connectivity index (χ2v) is 10.9. The second-order valence-electron chi connectivity index (χ2n) is 9.85. The quantitative estimate of drug-likeness (QED) is 0.139. The molecular formula is C35H29FN2O5S. The molecule has 4 aromatic carbocycles. The lowest BCUT2D eigenvalue weighted by atomic mass is 10.0. The Balaban J connectivity index is 1.47.